The van der Waals surface area contributed by atoms with E-state index in [0.717, 1.165) is 45.9 Å². The summed E-state index contributed by atoms with van der Waals surface area (Å²) in [6, 6.07) is 20.9. The Morgan fingerprint density at radius 3 is 2.00 bits per heavy atom. The van der Waals surface area contributed by atoms with E-state index in [1.165, 1.54) is 0 Å². The van der Waals surface area contributed by atoms with E-state index in [9.17, 15) is 0 Å². The smallest absolute Gasteiger partial charge is 0.179 e. The molecule has 0 radical (unpaired) electrons. The lowest BCUT2D eigenvalue weighted by Gasteiger charge is -2.17. The highest BCUT2D eigenvalue weighted by molar-refractivity contribution is 6.76. The molecule has 0 saturated heterocycles. The summed E-state index contributed by atoms with van der Waals surface area (Å²) in [4.78, 5) is 5.05. The number of aromatic nitrogens is 2. The molecule has 0 N–H and O–H groups in total. The average molecular weight is 477 g/mol. The van der Waals surface area contributed by atoms with Crippen LogP contribution in [0, 0.1) is 0 Å². The average Bonchev–Trinajstić information content (AvgIpc) is 3.49. The molecule has 2 aromatic heterocycles. The Bertz CT molecular complexity index is 1190. The maximum absolute atomic E-state index is 6.20. The van der Waals surface area contributed by atoms with Gasteiger partial charge in [-0.15, -0.1) is 0 Å². The van der Waals surface area contributed by atoms with Crippen LogP contribution in [0.4, 0.5) is 0 Å². The number of imidazole rings is 1. The fourth-order valence-corrected chi connectivity index (χ4v) is 4.46. The van der Waals surface area contributed by atoms with Crippen molar-refractivity contribution in [2.45, 2.75) is 32.4 Å². The third-order valence-electron chi connectivity index (χ3n) is 5.65. The zero-order chi connectivity index (χ0) is 24.1. The van der Waals surface area contributed by atoms with Gasteiger partial charge in [-0.05, 0) is 66.7 Å². The van der Waals surface area contributed by atoms with Crippen molar-refractivity contribution in [3.05, 3.63) is 66.9 Å². The van der Waals surface area contributed by atoms with E-state index in [-0.39, 0.29) is 0 Å². The molecule has 0 saturated carbocycles. The van der Waals surface area contributed by atoms with Crippen molar-refractivity contribution in [2.75, 3.05) is 20.8 Å². The highest BCUT2D eigenvalue weighted by Gasteiger charge is 2.23. The molecular formula is C27H32N2O4Si. The van der Waals surface area contributed by atoms with E-state index in [1.54, 1.807) is 20.5 Å². The van der Waals surface area contributed by atoms with Gasteiger partial charge in [-0.2, -0.15) is 0 Å². The molecule has 0 fully saturated rings. The fourth-order valence-electron chi connectivity index (χ4n) is 3.70. The van der Waals surface area contributed by atoms with E-state index in [2.05, 4.69) is 24.2 Å². The Labute approximate surface area is 202 Å². The molecule has 0 spiro atoms. The summed E-state index contributed by atoms with van der Waals surface area (Å²) < 4.78 is 24.8. The van der Waals surface area contributed by atoms with Crippen LogP contribution in [0.5, 0.6) is 11.5 Å². The Kier molecular flexibility index (Phi) is 7.24. The van der Waals surface area contributed by atoms with Gasteiger partial charge in [-0.1, -0.05) is 19.6 Å². The lowest BCUT2D eigenvalue weighted by molar-refractivity contribution is 0.0890. The summed E-state index contributed by atoms with van der Waals surface area (Å²) in [5, 5.41) is 0. The summed E-state index contributed by atoms with van der Waals surface area (Å²) in [5.74, 6) is 3.03. The first-order valence-electron chi connectivity index (χ1n) is 11.4. The predicted molar refractivity (Wildman–Crippen MR) is 138 cm³/mol. The first-order valence-corrected chi connectivity index (χ1v) is 15.1. The van der Waals surface area contributed by atoms with Gasteiger partial charge in [0, 0.05) is 25.8 Å². The minimum absolute atomic E-state index is 0.380. The van der Waals surface area contributed by atoms with E-state index >= 15 is 0 Å². The second kappa shape index (κ2) is 10.3. The van der Waals surface area contributed by atoms with Crippen LogP contribution >= 0.6 is 0 Å². The maximum Gasteiger partial charge on any atom is 0.179 e. The quantitative estimate of drug-likeness (QED) is 0.186. The van der Waals surface area contributed by atoms with Gasteiger partial charge in [0.1, 0.15) is 18.2 Å². The number of benzene rings is 2. The zero-order valence-corrected chi connectivity index (χ0v) is 21.5. The molecule has 2 heterocycles. The molecule has 0 atom stereocenters. The van der Waals surface area contributed by atoms with Crippen molar-refractivity contribution in [1.82, 2.24) is 9.55 Å². The molecule has 0 aliphatic carbocycles. The minimum Gasteiger partial charge on any atom is -0.497 e. The summed E-state index contributed by atoms with van der Waals surface area (Å²) in [6.45, 7) is 8.15. The number of ether oxygens (including phenoxy) is 3. The SMILES string of the molecule is COc1ccc(-c2nc(-c3ccco3)n(COCC[Si](C)(C)C)c2-c2ccc(OC)cc2)cc1. The standard InChI is InChI=1S/C27H32N2O4Si/c1-30-22-12-8-20(9-13-22)25-26(21-10-14-23(31-2)15-11-21)29(19-32-17-18-34(3,4)5)27(28-25)24-7-6-16-33-24/h6-16H,17-19H2,1-5H3. The second-order valence-electron chi connectivity index (χ2n) is 9.34. The van der Waals surface area contributed by atoms with E-state index in [4.69, 9.17) is 23.6 Å². The van der Waals surface area contributed by atoms with Gasteiger partial charge in [0.2, 0.25) is 0 Å². The third kappa shape index (κ3) is 5.43. The first kappa shape index (κ1) is 23.9. The highest BCUT2D eigenvalue weighted by Crippen LogP contribution is 2.37. The van der Waals surface area contributed by atoms with Crippen LogP contribution in [0.25, 0.3) is 34.1 Å². The monoisotopic (exact) mass is 476 g/mol. The molecule has 2 aromatic carbocycles. The molecule has 34 heavy (non-hydrogen) atoms. The number of methoxy groups -OCH3 is 2. The van der Waals surface area contributed by atoms with Crippen molar-refractivity contribution in [3.8, 4) is 45.6 Å². The molecule has 0 aliphatic rings. The molecule has 0 amide bonds. The molecule has 4 rings (SSSR count). The normalized spacial score (nSPS) is 11.6. The van der Waals surface area contributed by atoms with E-state index in [1.807, 2.05) is 60.7 Å². The number of furan rings is 1. The molecule has 4 aromatic rings. The summed E-state index contributed by atoms with van der Waals surface area (Å²) >= 11 is 0. The molecule has 7 heteroatoms. The van der Waals surface area contributed by atoms with Gasteiger partial charge >= 0.3 is 0 Å². The van der Waals surface area contributed by atoms with Crippen LogP contribution in [-0.2, 0) is 11.5 Å². The predicted octanol–water partition coefficient (Wildman–Crippen LogP) is 6.81. The van der Waals surface area contributed by atoms with E-state index in [0.29, 0.717) is 19.1 Å². The molecule has 178 valence electrons. The van der Waals surface area contributed by atoms with Crippen molar-refractivity contribution in [3.63, 3.8) is 0 Å². The third-order valence-corrected chi connectivity index (χ3v) is 7.36. The Morgan fingerprint density at radius 1 is 0.853 bits per heavy atom. The highest BCUT2D eigenvalue weighted by atomic mass is 28.3. The molecule has 0 bridgehead atoms. The number of rotatable bonds is 10. The van der Waals surface area contributed by atoms with Crippen LogP contribution in [0.2, 0.25) is 25.7 Å². The number of nitrogens with zero attached hydrogens (tertiary/aromatic N) is 2. The zero-order valence-electron chi connectivity index (χ0n) is 20.5. The second-order valence-corrected chi connectivity index (χ2v) is 15.0. The Hall–Kier alpha value is -3.29. The minimum atomic E-state index is -1.20. The molecule has 0 aliphatic heterocycles. The van der Waals surface area contributed by atoms with Crippen molar-refractivity contribution < 1.29 is 18.6 Å². The van der Waals surface area contributed by atoms with Crippen LogP contribution < -0.4 is 9.47 Å². The Balaban J connectivity index is 1.83. The lowest BCUT2D eigenvalue weighted by Crippen LogP contribution is -2.22. The van der Waals surface area contributed by atoms with Gasteiger partial charge in [-0.25, -0.2) is 4.98 Å². The maximum atomic E-state index is 6.20. The van der Waals surface area contributed by atoms with Crippen LogP contribution in [0.1, 0.15) is 0 Å². The number of hydrogen-bond donors (Lipinski definition) is 0. The molecule has 6 nitrogen and oxygen atoms in total. The summed E-state index contributed by atoms with van der Waals surface area (Å²) in [6.07, 6.45) is 1.67. The summed E-state index contributed by atoms with van der Waals surface area (Å²) in [7, 11) is 2.14. The van der Waals surface area contributed by atoms with Crippen LogP contribution in [0.3, 0.4) is 0 Å². The topological polar surface area (TPSA) is 58.7 Å². The lowest BCUT2D eigenvalue weighted by atomic mass is 10.0. The van der Waals surface area contributed by atoms with Crippen LogP contribution in [0.15, 0.2) is 71.3 Å². The molecular weight excluding hydrogens is 444 g/mol. The van der Waals surface area contributed by atoms with E-state index < -0.39 is 8.07 Å². The molecule has 0 unspecified atom stereocenters. The first-order chi connectivity index (χ1) is 16.4. The van der Waals surface area contributed by atoms with Gasteiger partial charge in [0.15, 0.2) is 11.6 Å². The number of hydrogen-bond acceptors (Lipinski definition) is 5. The van der Waals surface area contributed by atoms with Gasteiger partial charge in [0.25, 0.3) is 0 Å². The van der Waals surface area contributed by atoms with Gasteiger partial charge < -0.3 is 18.6 Å². The summed E-state index contributed by atoms with van der Waals surface area (Å²) in [5.41, 5.74) is 3.83. The fraction of sp³-hybridized carbons (Fsp3) is 0.296. The van der Waals surface area contributed by atoms with Crippen LogP contribution in [-0.4, -0.2) is 38.5 Å². The van der Waals surface area contributed by atoms with Gasteiger partial charge in [-0.3, -0.25) is 4.57 Å². The largest absolute Gasteiger partial charge is 0.497 e. The van der Waals surface area contributed by atoms with Crippen molar-refractivity contribution >= 4 is 8.07 Å². The Morgan fingerprint density at radius 2 is 1.47 bits per heavy atom. The van der Waals surface area contributed by atoms with Crippen molar-refractivity contribution in [2.24, 2.45) is 0 Å². The van der Waals surface area contributed by atoms with Gasteiger partial charge in [0.05, 0.1) is 31.9 Å². The van der Waals surface area contributed by atoms with Crippen molar-refractivity contribution in [1.29, 1.82) is 0 Å².